The van der Waals surface area contributed by atoms with E-state index in [4.69, 9.17) is 14.2 Å². The number of carbonyl (C=O) groups excluding carboxylic acids is 3. The van der Waals surface area contributed by atoms with E-state index in [0.717, 1.165) is 0 Å². The van der Waals surface area contributed by atoms with Gasteiger partial charge in [0.15, 0.2) is 16.7 Å². The number of rotatable bonds is 7. The fraction of sp³-hybridized carbons (Fsp3) is 0.364. The Labute approximate surface area is 184 Å². The van der Waals surface area contributed by atoms with Crippen molar-refractivity contribution in [2.45, 2.75) is 33.2 Å². The van der Waals surface area contributed by atoms with Crippen LogP contribution in [-0.4, -0.2) is 46.9 Å². The molecule has 0 spiro atoms. The van der Waals surface area contributed by atoms with Gasteiger partial charge in [-0.1, -0.05) is 30.5 Å². The molecule has 0 N–H and O–H groups in total. The summed E-state index contributed by atoms with van der Waals surface area (Å²) in [7, 11) is 0. The predicted molar refractivity (Wildman–Crippen MR) is 117 cm³/mol. The van der Waals surface area contributed by atoms with Gasteiger partial charge < -0.3 is 14.2 Å². The molecule has 1 aromatic carbocycles. The van der Waals surface area contributed by atoms with Crippen LogP contribution in [0, 0.1) is 0 Å². The number of benzene rings is 1. The summed E-state index contributed by atoms with van der Waals surface area (Å²) in [4.78, 5) is 43.2. The van der Waals surface area contributed by atoms with Crippen molar-refractivity contribution in [2.75, 3.05) is 19.0 Å². The molecule has 31 heavy (non-hydrogen) atoms. The van der Waals surface area contributed by atoms with Crippen LogP contribution in [0.25, 0.3) is 0 Å². The number of amides is 1. The summed E-state index contributed by atoms with van der Waals surface area (Å²) >= 11 is 1.46. The summed E-state index contributed by atoms with van der Waals surface area (Å²) in [5.74, 6) is 0.0425. The van der Waals surface area contributed by atoms with Gasteiger partial charge in [-0.15, -0.1) is 0 Å². The number of hydrogen-bond donors (Lipinski definition) is 0. The van der Waals surface area contributed by atoms with Gasteiger partial charge in [0.25, 0.3) is 0 Å². The van der Waals surface area contributed by atoms with Gasteiger partial charge in [0.05, 0.1) is 23.9 Å². The molecular weight excluding hydrogens is 420 g/mol. The molecule has 0 aliphatic carbocycles. The van der Waals surface area contributed by atoms with E-state index in [1.165, 1.54) is 29.7 Å². The van der Waals surface area contributed by atoms with Crippen LogP contribution in [-0.2, 0) is 19.1 Å². The number of allylic oxidation sites excluding steroid dienone is 1. The summed E-state index contributed by atoms with van der Waals surface area (Å²) < 4.78 is 16.2. The van der Waals surface area contributed by atoms with Gasteiger partial charge in [0.1, 0.15) is 6.61 Å². The minimum atomic E-state index is -0.740. The minimum Gasteiger partial charge on any atom is -0.490 e. The van der Waals surface area contributed by atoms with Gasteiger partial charge in [-0.25, -0.2) is 9.79 Å². The zero-order valence-electron chi connectivity index (χ0n) is 17.7. The van der Waals surface area contributed by atoms with E-state index in [9.17, 15) is 14.4 Å². The Morgan fingerprint density at radius 1 is 1.35 bits per heavy atom. The molecule has 0 aromatic heterocycles. The van der Waals surface area contributed by atoms with Crippen molar-refractivity contribution in [3.8, 4) is 11.5 Å². The molecule has 2 aliphatic heterocycles. The Kier molecular flexibility index (Phi) is 7.17. The molecule has 0 radical (unpaired) electrons. The molecule has 0 saturated carbocycles. The van der Waals surface area contributed by atoms with Crippen molar-refractivity contribution >= 4 is 34.8 Å². The zero-order chi connectivity index (χ0) is 22.5. The number of thioether (sulfide) groups is 1. The summed E-state index contributed by atoms with van der Waals surface area (Å²) in [5, 5.41) is 0.543. The van der Waals surface area contributed by atoms with Gasteiger partial charge in [-0.2, -0.15) is 0 Å². The molecule has 1 saturated heterocycles. The second-order valence-electron chi connectivity index (χ2n) is 6.78. The largest absolute Gasteiger partial charge is 0.490 e. The molecule has 2 aliphatic rings. The number of esters is 2. The summed E-state index contributed by atoms with van der Waals surface area (Å²) in [6.07, 6.45) is 1.81. The normalized spacial score (nSPS) is 18.2. The van der Waals surface area contributed by atoms with Crippen LogP contribution < -0.4 is 9.47 Å². The van der Waals surface area contributed by atoms with Crippen LogP contribution in [0.3, 0.4) is 0 Å². The van der Waals surface area contributed by atoms with Crippen molar-refractivity contribution < 1.29 is 28.6 Å². The number of carbonyl (C=O) groups is 3. The molecule has 0 unspecified atom stereocenters. The SMILES string of the molecule is C=CCOC(=O)C1=C(C)N=C2SCCC(=O)N2[C@@H]1c1ccc(OC(C)=O)c(OCC)c1. The van der Waals surface area contributed by atoms with Crippen LogP contribution >= 0.6 is 11.8 Å². The quantitative estimate of drug-likeness (QED) is 0.361. The van der Waals surface area contributed by atoms with Crippen LogP contribution in [0.2, 0.25) is 0 Å². The first kappa shape index (κ1) is 22.6. The standard InChI is InChI=1S/C22H24N2O6S/c1-5-10-29-21(27)19-13(3)23-22-24(18(26)9-11-31-22)20(19)15-7-8-16(30-14(4)25)17(12-15)28-6-2/h5,7-8,12,20H,1,6,9-11H2,2-4H3/t20-/m1/s1. The fourth-order valence-electron chi connectivity index (χ4n) is 3.39. The van der Waals surface area contributed by atoms with Crippen molar-refractivity contribution in [3.05, 3.63) is 47.7 Å². The maximum Gasteiger partial charge on any atom is 0.338 e. The average molecular weight is 445 g/mol. The average Bonchev–Trinajstić information content (AvgIpc) is 2.72. The molecular formula is C22H24N2O6S. The van der Waals surface area contributed by atoms with Gasteiger partial charge in [0.2, 0.25) is 5.91 Å². The molecule has 1 amide bonds. The van der Waals surface area contributed by atoms with Crippen LogP contribution in [0.5, 0.6) is 11.5 Å². The molecule has 8 nitrogen and oxygen atoms in total. The lowest BCUT2D eigenvalue weighted by molar-refractivity contribution is -0.139. The highest BCUT2D eigenvalue weighted by Crippen LogP contribution is 2.42. The van der Waals surface area contributed by atoms with Crippen molar-refractivity contribution in [1.82, 2.24) is 4.90 Å². The second kappa shape index (κ2) is 9.82. The van der Waals surface area contributed by atoms with Gasteiger partial charge in [0, 0.05) is 19.1 Å². The van der Waals surface area contributed by atoms with Crippen LogP contribution in [0.1, 0.15) is 38.8 Å². The number of aliphatic imine (C=N–C) groups is 1. The Hall–Kier alpha value is -3.07. The molecule has 1 atom stereocenters. The first-order chi connectivity index (χ1) is 14.9. The number of nitrogens with zero attached hydrogens (tertiary/aromatic N) is 2. The van der Waals surface area contributed by atoms with E-state index >= 15 is 0 Å². The van der Waals surface area contributed by atoms with Crippen LogP contribution in [0.15, 0.2) is 47.1 Å². The lowest BCUT2D eigenvalue weighted by Crippen LogP contribution is -2.45. The number of hydrogen-bond acceptors (Lipinski definition) is 8. The molecule has 2 heterocycles. The maximum absolute atomic E-state index is 12.9. The zero-order valence-corrected chi connectivity index (χ0v) is 18.5. The van der Waals surface area contributed by atoms with E-state index in [0.29, 0.717) is 41.0 Å². The van der Waals surface area contributed by atoms with Crippen molar-refractivity contribution in [1.29, 1.82) is 0 Å². The molecule has 3 rings (SSSR count). The third-order valence-electron chi connectivity index (χ3n) is 4.60. The van der Waals surface area contributed by atoms with Crippen molar-refractivity contribution in [3.63, 3.8) is 0 Å². The highest BCUT2D eigenvalue weighted by atomic mass is 32.2. The third-order valence-corrected chi connectivity index (χ3v) is 5.55. The van der Waals surface area contributed by atoms with Crippen LogP contribution in [0.4, 0.5) is 0 Å². The summed E-state index contributed by atoms with van der Waals surface area (Å²) in [6, 6.07) is 4.23. The summed E-state index contributed by atoms with van der Waals surface area (Å²) in [5.41, 5.74) is 1.37. The predicted octanol–water partition coefficient (Wildman–Crippen LogP) is 3.39. The third kappa shape index (κ3) is 4.82. The van der Waals surface area contributed by atoms with E-state index in [1.54, 1.807) is 25.1 Å². The molecule has 1 aromatic rings. The summed E-state index contributed by atoms with van der Waals surface area (Å²) in [6.45, 7) is 8.78. The Morgan fingerprint density at radius 2 is 2.13 bits per heavy atom. The number of ether oxygens (including phenoxy) is 3. The van der Waals surface area contributed by atoms with Gasteiger partial charge >= 0.3 is 11.9 Å². The van der Waals surface area contributed by atoms with E-state index in [-0.39, 0.29) is 23.8 Å². The molecule has 1 fully saturated rings. The monoisotopic (exact) mass is 444 g/mol. The van der Waals surface area contributed by atoms with E-state index < -0.39 is 18.0 Å². The molecule has 9 heteroatoms. The first-order valence-electron chi connectivity index (χ1n) is 9.84. The lowest BCUT2D eigenvalue weighted by atomic mass is 9.93. The highest BCUT2D eigenvalue weighted by Gasteiger charge is 2.42. The van der Waals surface area contributed by atoms with Gasteiger partial charge in [-0.05, 0) is 31.5 Å². The topological polar surface area (TPSA) is 94.5 Å². The fourth-order valence-corrected chi connectivity index (χ4v) is 4.39. The van der Waals surface area contributed by atoms with Crippen molar-refractivity contribution in [2.24, 2.45) is 4.99 Å². The Bertz CT molecular complexity index is 984. The Morgan fingerprint density at radius 3 is 2.81 bits per heavy atom. The Balaban J connectivity index is 2.13. The maximum atomic E-state index is 12.9. The smallest absolute Gasteiger partial charge is 0.338 e. The minimum absolute atomic E-state index is 0.0389. The second-order valence-corrected chi connectivity index (χ2v) is 7.84. The number of fused-ring (bicyclic) bond motifs is 1. The van der Waals surface area contributed by atoms with Gasteiger partial charge in [-0.3, -0.25) is 14.5 Å². The first-order valence-corrected chi connectivity index (χ1v) is 10.8. The highest BCUT2D eigenvalue weighted by molar-refractivity contribution is 8.14. The molecule has 164 valence electrons. The van der Waals surface area contributed by atoms with E-state index in [1.807, 2.05) is 6.92 Å². The molecule has 0 bridgehead atoms. The lowest BCUT2D eigenvalue weighted by Gasteiger charge is -2.39. The number of amidine groups is 1. The van der Waals surface area contributed by atoms with E-state index in [2.05, 4.69) is 11.6 Å².